The highest BCUT2D eigenvalue weighted by Gasteiger charge is 2.36. The second-order valence-corrected chi connectivity index (χ2v) is 8.36. The van der Waals surface area contributed by atoms with Crippen LogP contribution in [0.15, 0.2) is 77.7 Å². The van der Waals surface area contributed by atoms with Crippen LogP contribution in [-0.4, -0.2) is 11.1 Å². The topological polar surface area (TPSA) is 46.6 Å². The van der Waals surface area contributed by atoms with Crippen molar-refractivity contribution in [3.05, 3.63) is 99.4 Å². The van der Waals surface area contributed by atoms with Gasteiger partial charge in [0.1, 0.15) is 12.4 Å². The van der Waals surface area contributed by atoms with Gasteiger partial charge in [0.2, 0.25) is 0 Å². The molecule has 31 heavy (non-hydrogen) atoms. The molecule has 0 bridgehead atoms. The number of para-hydroxylation sites is 1. The Morgan fingerprint density at radius 2 is 1.68 bits per heavy atom. The van der Waals surface area contributed by atoms with Crippen molar-refractivity contribution >= 4 is 46.3 Å². The number of carbonyl (C=O) groups excluding carboxylic acids is 2. The maximum Gasteiger partial charge on any atom is 0.298 e. The van der Waals surface area contributed by atoms with Gasteiger partial charge in [0.05, 0.1) is 10.6 Å². The van der Waals surface area contributed by atoms with Gasteiger partial charge in [0, 0.05) is 16.1 Å². The lowest BCUT2D eigenvalue weighted by atomic mass is 10.1. The fourth-order valence-corrected chi connectivity index (χ4v) is 4.24. The van der Waals surface area contributed by atoms with E-state index in [1.54, 1.807) is 18.2 Å². The second-order valence-electron chi connectivity index (χ2n) is 6.96. The maximum absolute atomic E-state index is 13.0. The quantitative estimate of drug-likeness (QED) is 0.392. The molecule has 0 spiro atoms. The van der Waals surface area contributed by atoms with Crippen LogP contribution >= 0.6 is 23.4 Å². The summed E-state index contributed by atoms with van der Waals surface area (Å²) in [5.41, 5.74) is 3.32. The van der Waals surface area contributed by atoms with Crippen molar-refractivity contribution in [2.45, 2.75) is 20.0 Å². The van der Waals surface area contributed by atoms with Gasteiger partial charge in [-0.1, -0.05) is 67.1 Å². The van der Waals surface area contributed by atoms with Crippen molar-refractivity contribution in [2.24, 2.45) is 0 Å². The molecule has 0 saturated carbocycles. The van der Waals surface area contributed by atoms with Gasteiger partial charge >= 0.3 is 0 Å². The van der Waals surface area contributed by atoms with Crippen LogP contribution in [0.4, 0.5) is 10.5 Å². The number of nitrogens with zero attached hydrogens (tertiary/aromatic N) is 1. The summed E-state index contributed by atoms with van der Waals surface area (Å²) in [5, 5.41) is 0.324. The molecule has 1 aliphatic heterocycles. The first-order valence-electron chi connectivity index (χ1n) is 9.89. The zero-order chi connectivity index (χ0) is 21.8. The second kappa shape index (κ2) is 9.41. The molecule has 0 aliphatic carbocycles. The molecular formula is C25H20ClNO3S. The van der Waals surface area contributed by atoms with Gasteiger partial charge in [-0.2, -0.15) is 0 Å². The molecule has 3 aromatic rings. The third-order valence-corrected chi connectivity index (χ3v) is 6.18. The van der Waals surface area contributed by atoms with Crippen molar-refractivity contribution in [3.63, 3.8) is 0 Å². The van der Waals surface area contributed by atoms with E-state index in [1.165, 1.54) is 4.90 Å². The Hall–Kier alpha value is -3.02. The zero-order valence-electron chi connectivity index (χ0n) is 16.9. The first kappa shape index (κ1) is 21.2. The number of anilines is 1. The van der Waals surface area contributed by atoms with E-state index < -0.39 is 0 Å². The summed E-state index contributed by atoms with van der Waals surface area (Å²) in [7, 11) is 0. The summed E-state index contributed by atoms with van der Waals surface area (Å²) in [6.45, 7) is 2.36. The Morgan fingerprint density at radius 1 is 0.968 bits per heavy atom. The largest absolute Gasteiger partial charge is 0.488 e. The van der Waals surface area contributed by atoms with E-state index in [-0.39, 0.29) is 11.1 Å². The summed E-state index contributed by atoms with van der Waals surface area (Å²) in [4.78, 5) is 27.1. The van der Waals surface area contributed by atoms with Crippen molar-refractivity contribution in [3.8, 4) is 5.75 Å². The number of halogens is 1. The molecule has 0 radical (unpaired) electrons. The Balaban J connectivity index is 1.56. The third-order valence-electron chi connectivity index (χ3n) is 4.94. The number of ether oxygens (including phenoxy) is 1. The number of amides is 2. The summed E-state index contributed by atoms with van der Waals surface area (Å²) in [6.07, 6.45) is 2.60. The number of benzene rings is 3. The summed E-state index contributed by atoms with van der Waals surface area (Å²) in [5.74, 6) is 0.279. The fourth-order valence-electron chi connectivity index (χ4n) is 3.21. The number of carbonyl (C=O) groups is 2. The lowest BCUT2D eigenvalue weighted by Crippen LogP contribution is -2.27. The minimum atomic E-state index is -0.333. The molecule has 6 heteroatoms. The highest BCUT2D eigenvalue weighted by molar-refractivity contribution is 8.19. The predicted molar refractivity (Wildman–Crippen MR) is 126 cm³/mol. The lowest BCUT2D eigenvalue weighted by molar-refractivity contribution is -0.113. The third kappa shape index (κ3) is 4.68. The average Bonchev–Trinajstić information content (AvgIpc) is 3.07. The first-order valence-corrected chi connectivity index (χ1v) is 11.1. The molecule has 4 rings (SSSR count). The number of hydrogen-bond acceptors (Lipinski definition) is 4. The van der Waals surface area contributed by atoms with E-state index in [0.717, 1.165) is 34.9 Å². The molecule has 1 heterocycles. The molecule has 0 unspecified atom stereocenters. The van der Waals surface area contributed by atoms with Gasteiger partial charge in [-0.25, -0.2) is 4.90 Å². The molecule has 1 fully saturated rings. The van der Waals surface area contributed by atoms with Gasteiger partial charge in [-0.15, -0.1) is 0 Å². The van der Waals surface area contributed by atoms with Crippen LogP contribution < -0.4 is 9.64 Å². The van der Waals surface area contributed by atoms with Crippen LogP contribution in [0.5, 0.6) is 5.75 Å². The summed E-state index contributed by atoms with van der Waals surface area (Å²) < 4.78 is 5.97. The Morgan fingerprint density at radius 3 is 2.42 bits per heavy atom. The van der Waals surface area contributed by atoms with Crippen LogP contribution in [0.2, 0.25) is 5.02 Å². The molecule has 4 nitrogen and oxygen atoms in total. The summed E-state index contributed by atoms with van der Waals surface area (Å²) >= 11 is 7.14. The predicted octanol–water partition coefficient (Wildman–Crippen LogP) is 6.72. The Labute approximate surface area is 190 Å². The van der Waals surface area contributed by atoms with Gasteiger partial charge in [-0.05, 0) is 54.1 Å². The highest BCUT2D eigenvalue weighted by atomic mass is 35.5. The van der Waals surface area contributed by atoms with E-state index >= 15 is 0 Å². The van der Waals surface area contributed by atoms with E-state index in [2.05, 4.69) is 6.92 Å². The Kier molecular flexibility index (Phi) is 6.44. The number of thioether (sulfide) groups is 1. The first-order chi connectivity index (χ1) is 15.1. The van der Waals surface area contributed by atoms with Crippen LogP contribution in [-0.2, 0) is 17.8 Å². The van der Waals surface area contributed by atoms with Gasteiger partial charge in [0.25, 0.3) is 11.1 Å². The molecule has 0 atom stereocenters. The fraction of sp³-hybridized carbons (Fsp3) is 0.120. The van der Waals surface area contributed by atoms with Gasteiger partial charge in [0.15, 0.2) is 0 Å². The standard InChI is InChI=1S/C25H20ClNO3S/c1-2-17-11-13-20(14-12-17)27-24(28)23(31-25(27)29)15-18-7-4-6-10-22(18)30-16-19-8-3-5-9-21(19)26/h3-15H,2,16H2,1H3/b23-15-. The SMILES string of the molecule is CCc1ccc(N2C(=O)S/C(=C\c3ccccc3OCc3ccccc3Cl)C2=O)cc1. The highest BCUT2D eigenvalue weighted by Crippen LogP contribution is 2.37. The molecular weight excluding hydrogens is 430 g/mol. The molecule has 1 aliphatic rings. The van der Waals surface area contributed by atoms with E-state index in [9.17, 15) is 9.59 Å². The normalized spacial score (nSPS) is 15.0. The monoisotopic (exact) mass is 449 g/mol. The number of aryl methyl sites for hydroxylation is 1. The summed E-state index contributed by atoms with van der Waals surface area (Å²) in [6, 6.07) is 22.4. The molecule has 3 aromatic carbocycles. The maximum atomic E-state index is 13.0. The minimum absolute atomic E-state index is 0.301. The Bertz CT molecular complexity index is 1160. The van der Waals surface area contributed by atoms with E-state index in [4.69, 9.17) is 16.3 Å². The van der Waals surface area contributed by atoms with Gasteiger partial charge in [-0.3, -0.25) is 9.59 Å². The minimum Gasteiger partial charge on any atom is -0.488 e. The van der Waals surface area contributed by atoms with Crippen LogP contribution in [0.3, 0.4) is 0 Å². The van der Waals surface area contributed by atoms with Crippen molar-refractivity contribution in [1.82, 2.24) is 0 Å². The molecule has 2 amide bonds. The zero-order valence-corrected chi connectivity index (χ0v) is 18.5. The number of rotatable bonds is 6. The van der Waals surface area contributed by atoms with E-state index in [0.29, 0.717) is 28.0 Å². The average molecular weight is 450 g/mol. The van der Waals surface area contributed by atoms with Crippen LogP contribution in [0, 0.1) is 0 Å². The van der Waals surface area contributed by atoms with Crippen LogP contribution in [0.1, 0.15) is 23.6 Å². The number of imide groups is 1. The van der Waals surface area contributed by atoms with Crippen LogP contribution in [0.25, 0.3) is 6.08 Å². The smallest absolute Gasteiger partial charge is 0.298 e. The van der Waals surface area contributed by atoms with E-state index in [1.807, 2.05) is 60.7 Å². The molecule has 1 saturated heterocycles. The molecule has 0 N–H and O–H groups in total. The molecule has 0 aromatic heterocycles. The number of hydrogen-bond donors (Lipinski definition) is 0. The van der Waals surface area contributed by atoms with Gasteiger partial charge < -0.3 is 4.74 Å². The molecule has 156 valence electrons. The lowest BCUT2D eigenvalue weighted by Gasteiger charge is -2.13. The van der Waals surface area contributed by atoms with Crippen molar-refractivity contribution in [2.75, 3.05) is 4.90 Å². The van der Waals surface area contributed by atoms with Crippen molar-refractivity contribution in [1.29, 1.82) is 0 Å². The van der Waals surface area contributed by atoms with Crippen molar-refractivity contribution < 1.29 is 14.3 Å².